The molecule has 0 saturated carbocycles. The summed E-state index contributed by atoms with van der Waals surface area (Å²) in [4.78, 5) is 28.0. The van der Waals surface area contributed by atoms with E-state index in [-0.39, 0.29) is 21.5 Å². The van der Waals surface area contributed by atoms with Crippen LogP contribution in [0.2, 0.25) is 20.1 Å². The van der Waals surface area contributed by atoms with Crippen LogP contribution in [0.25, 0.3) is 0 Å². The first kappa shape index (κ1) is 27.1. The lowest BCUT2D eigenvalue weighted by atomic mass is 9.95. The third-order valence-electron chi connectivity index (χ3n) is 5.64. The Bertz CT molecular complexity index is 1620. The fourth-order valence-corrected chi connectivity index (χ4v) is 6.59. The second-order valence-corrected chi connectivity index (χ2v) is 12.0. The molecule has 1 atom stereocenters. The normalized spacial score (nSPS) is 15.6. The van der Waals surface area contributed by atoms with E-state index >= 15 is 0 Å². The van der Waals surface area contributed by atoms with Crippen molar-refractivity contribution < 1.29 is 19.1 Å². The Kier molecular flexibility index (Phi) is 7.77. The van der Waals surface area contributed by atoms with Crippen LogP contribution in [0.15, 0.2) is 68.6 Å². The highest BCUT2D eigenvalue weighted by Crippen LogP contribution is 2.45. The molecule has 0 bridgehead atoms. The first-order valence-electron chi connectivity index (χ1n) is 10.9. The summed E-state index contributed by atoms with van der Waals surface area (Å²) in [7, 11) is 0. The Hall–Kier alpha value is -2.53. The molecule has 1 aliphatic heterocycles. The van der Waals surface area contributed by atoms with E-state index in [4.69, 9.17) is 50.8 Å². The van der Waals surface area contributed by atoms with Crippen molar-refractivity contribution in [1.29, 1.82) is 0 Å². The van der Waals surface area contributed by atoms with E-state index in [1.165, 1.54) is 28.8 Å². The van der Waals surface area contributed by atoms with Gasteiger partial charge in [0.25, 0.3) is 5.91 Å². The minimum atomic E-state index is -1.05. The number of aryl methyl sites for hydroxylation is 1. The highest BCUT2D eigenvalue weighted by molar-refractivity contribution is 8.00. The number of rotatable bonds is 7. The number of carbonyl (C=O) groups is 2. The molecule has 1 unspecified atom stereocenters. The third kappa shape index (κ3) is 5.19. The summed E-state index contributed by atoms with van der Waals surface area (Å²) >= 11 is 27.1. The van der Waals surface area contributed by atoms with Crippen molar-refractivity contribution in [2.75, 3.05) is 4.90 Å². The molecule has 5 rings (SSSR count). The number of benzene rings is 2. The zero-order chi connectivity index (χ0) is 27.1. The molecule has 38 heavy (non-hydrogen) atoms. The summed E-state index contributed by atoms with van der Waals surface area (Å²) in [6.45, 7) is 1.69. The van der Waals surface area contributed by atoms with Gasteiger partial charge in [-0.2, -0.15) is 0 Å². The Morgan fingerprint density at radius 3 is 2.53 bits per heavy atom. The number of carbonyl (C=O) groups excluding carboxylic acids is 2. The molecular formula is C25H15Cl4N3O4S2. The minimum Gasteiger partial charge on any atom is -0.503 e. The van der Waals surface area contributed by atoms with E-state index in [2.05, 4.69) is 10.2 Å². The average Bonchev–Trinajstić information content (AvgIpc) is 3.59. The Labute approximate surface area is 245 Å². The second-order valence-electron chi connectivity index (χ2n) is 8.13. The van der Waals surface area contributed by atoms with Gasteiger partial charge in [-0.3, -0.25) is 14.5 Å². The molecule has 13 heteroatoms. The van der Waals surface area contributed by atoms with E-state index in [1.807, 2.05) is 6.07 Å². The topological polar surface area (TPSA) is 96.5 Å². The van der Waals surface area contributed by atoms with Crippen LogP contribution in [0.3, 0.4) is 0 Å². The predicted molar refractivity (Wildman–Crippen MR) is 150 cm³/mol. The fraction of sp³-hybridized carbons (Fsp3) is 0.120. The maximum atomic E-state index is 13.4. The number of furan rings is 1. The monoisotopic (exact) mass is 625 g/mol. The summed E-state index contributed by atoms with van der Waals surface area (Å²) in [6, 6.07) is 12.0. The molecule has 1 aliphatic rings. The molecule has 4 aromatic rings. The van der Waals surface area contributed by atoms with Gasteiger partial charge in [0.1, 0.15) is 5.76 Å². The highest BCUT2D eigenvalue weighted by Gasteiger charge is 2.46. The standard InChI is InChI=1S/C25H15Cl4N3O4S2/c1-11-2-7-18(36-11)21(33)19-20(12-4-6-15(27)17(29)8-12)32(23(35)22(19)34)24-30-31-25(38-24)37-10-13-3-5-14(26)9-16(13)28/h2-9,20,34H,10H2,1H3. The van der Waals surface area contributed by atoms with Crippen molar-refractivity contribution in [1.82, 2.24) is 10.2 Å². The van der Waals surface area contributed by atoms with Crippen molar-refractivity contribution in [2.45, 2.75) is 23.1 Å². The molecule has 0 saturated heterocycles. The summed E-state index contributed by atoms with van der Waals surface area (Å²) < 4.78 is 6.03. The van der Waals surface area contributed by atoms with Gasteiger partial charge in [0.15, 0.2) is 15.9 Å². The number of nitrogens with zero attached hydrogens (tertiary/aromatic N) is 3. The number of aromatic nitrogens is 2. The van der Waals surface area contributed by atoms with Gasteiger partial charge in [0, 0.05) is 15.8 Å². The van der Waals surface area contributed by atoms with E-state index in [0.29, 0.717) is 36.5 Å². The number of hydrogen-bond acceptors (Lipinski definition) is 8. The lowest BCUT2D eigenvalue weighted by Crippen LogP contribution is -2.31. The molecule has 0 aliphatic carbocycles. The van der Waals surface area contributed by atoms with E-state index in [1.54, 1.807) is 37.3 Å². The zero-order valence-corrected chi connectivity index (χ0v) is 23.9. The van der Waals surface area contributed by atoms with Gasteiger partial charge in [-0.15, -0.1) is 10.2 Å². The van der Waals surface area contributed by atoms with Crippen LogP contribution in [-0.2, 0) is 10.5 Å². The van der Waals surface area contributed by atoms with Gasteiger partial charge < -0.3 is 9.52 Å². The van der Waals surface area contributed by atoms with Gasteiger partial charge in [-0.25, -0.2) is 0 Å². The Morgan fingerprint density at radius 1 is 1.05 bits per heavy atom. The zero-order valence-electron chi connectivity index (χ0n) is 19.2. The number of aliphatic hydroxyl groups is 1. The van der Waals surface area contributed by atoms with Crippen molar-refractivity contribution in [3.05, 3.63) is 103 Å². The smallest absolute Gasteiger partial charge is 0.296 e. The molecule has 1 amide bonds. The number of thioether (sulfide) groups is 1. The largest absolute Gasteiger partial charge is 0.503 e. The van der Waals surface area contributed by atoms with Crippen molar-refractivity contribution >= 4 is 86.3 Å². The molecule has 2 aromatic heterocycles. The number of ketones is 1. The van der Waals surface area contributed by atoms with Crippen molar-refractivity contribution in [3.8, 4) is 0 Å². The highest BCUT2D eigenvalue weighted by atomic mass is 35.5. The Morgan fingerprint density at radius 2 is 1.84 bits per heavy atom. The molecule has 3 heterocycles. The summed E-state index contributed by atoms with van der Waals surface area (Å²) in [6.07, 6.45) is 0. The molecule has 194 valence electrons. The van der Waals surface area contributed by atoms with Gasteiger partial charge in [-0.05, 0) is 54.4 Å². The maximum absolute atomic E-state index is 13.4. The van der Waals surface area contributed by atoms with Crippen LogP contribution in [0.5, 0.6) is 0 Å². The lowest BCUT2D eigenvalue weighted by molar-refractivity contribution is -0.117. The van der Waals surface area contributed by atoms with Gasteiger partial charge >= 0.3 is 0 Å². The van der Waals surface area contributed by atoms with Crippen LogP contribution >= 0.6 is 69.5 Å². The summed E-state index contributed by atoms with van der Waals surface area (Å²) in [5.41, 5.74) is 1.13. The first-order valence-corrected chi connectivity index (χ1v) is 14.2. The average molecular weight is 627 g/mol. The van der Waals surface area contributed by atoms with Crippen LogP contribution in [0.1, 0.15) is 33.5 Å². The van der Waals surface area contributed by atoms with E-state index in [9.17, 15) is 14.7 Å². The summed E-state index contributed by atoms with van der Waals surface area (Å²) in [5.74, 6) is -1.18. The van der Waals surface area contributed by atoms with Gasteiger partial charge in [-0.1, -0.05) is 81.6 Å². The van der Waals surface area contributed by atoms with Gasteiger partial charge in [0.2, 0.25) is 10.9 Å². The minimum absolute atomic E-state index is 0.0166. The number of hydrogen-bond donors (Lipinski definition) is 1. The SMILES string of the molecule is Cc1ccc(C(=O)C2=C(O)C(=O)N(c3nnc(SCc4ccc(Cl)cc4Cl)s3)C2c2ccc(Cl)c(Cl)c2)o1. The molecule has 2 aromatic carbocycles. The molecule has 7 nitrogen and oxygen atoms in total. The van der Waals surface area contributed by atoms with Crippen molar-refractivity contribution in [2.24, 2.45) is 0 Å². The predicted octanol–water partition coefficient (Wildman–Crippen LogP) is 8.13. The first-order chi connectivity index (χ1) is 18.1. The van der Waals surface area contributed by atoms with Crippen molar-refractivity contribution in [3.63, 3.8) is 0 Å². The molecule has 1 N–H and O–H groups in total. The lowest BCUT2D eigenvalue weighted by Gasteiger charge is -2.24. The second kappa shape index (κ2) is 10.9. The molecule has 0 spiro atoms. The van der Waals surface area contributed by atoms with Gasteiger partial charge in [0.05, 0.1) is 21.7 Å². The number of halogens is 4. The number of aliphatic hydroxyl groups excluding tert-OH is 1. The van der Waals surface area contributed by atoms with Crippen LogP contribution in [0, 0.1) is 6.92 Å². The Balaban J connectivity index is 1.50. The fourth-order valence-electron chi connectivity index (χ4n) is 3.86. The third-order valence-corrected chi connectivity index (χ3v) is 9.08. The molecule has 0 fully saturated rings. The number of amides is 1. The van der Waals surface area contributed by atoms with E-state index in [0.717, 1.165) is 16.9 Å². The van der Waals surface area contributed by atoms with Crippen LogP contribution in [0.4, 0.5) is 5.13 Å². The maximum Gasteiger partial charge on any atom is 0.296 e. The molecular weight excluding hydrogens is 612 g/mol. The quantitative estimate of drug-likeness (QED) is 0.126. The van der Waals surface area contributed by atoms with Crippen LogP contribution < -0.4 is 4.90 Å². The molecule has 0 radical (unpaired) electrons. The van der Waals surface area contributed by atoms with Crippen LogP contribution in [-0.4, -0.2) is 27.0 Å². The number of Topliss-reactive ketones (excluding diaryl/α,β-unsaturated/α-hetero) is 1. The number of anilines is 1. The summed E-state index contributed by atoms with van der Waals surface area (Å²) in [5, 5.41) is 21.0. The van der Waals surface area contributed by atoms with E-state index < -0.39 is 23.5 Å².